The Balaban J connectivity index is 2.46. The zero-order chi connectivity index (χ0) is 12.5. The maximum atomic E-state index is 9.65. The van der Waals surface area contributed by atoms with Crippen molar-refractivity contribution in [3.05, 3.63) is 34.3 Å². The lowest BCUT2D eigenvalue weighted by atomic mass is 9.68. The van der Waals surface area contributed by atoms with Crippen molar-refractivity contribution in [1.82, 2.24) is 5.32 Å². The molecule has 0 aromatic heterocycles. The minimum atomic E-state index is -0.366. The van der Waals surface area contributed by atoms with Gasteiger partial charge in [-0.25, -0.2) is 0 Å². The molecule has 0 bridgehead atoms. The zero-order valence-electron chi connectivity index (χ0n) is 10.3. The second kappa shape index (κ2) is 4.44. The molecular weight excluding hydrogens is 276 g/mol. The Morgan fingerprint density at radius 1 is 1.35 bits per heavy atom. The number of benzene rings is 1. The highest BCUT2D eigenvalue weighted by Crippen LogP contribution is 2.41. The van der Waals surface area contributed by atoms with Crippen molar-refractivity contribution >= 4 is 15.9 Å². The van der Waals surface area contributed by atoms with Gasteiger partial charge in [0.2, 0.25) is 0 Å². The summed E-state index contributed by atoms with van der Waals surface area (Å²) < 4.78 is 1.04. The predicted octanol–water partition coefficient (Wildman–Crippen LogP) is 3.37. The Labute approximate surface area is 111 Å². The van der Waals surface area contributed by atoms with Gasteiger partial charge >= 0.3 is 0 Å². The van der Waals surface area contributed by atoms with Crippen LogP contribution in [0.5, 0.6) is 0 Å². The summed E-state index contributed by atoms with van der Waals surface area (Å²) in [6, 6.07) is 10.6. The highest BCUT2D eigenvalue weighted by atomic mass is 79.9. The van der Waals surface area contributed by atoms with Crippen LogP contribution in [-0.2, 0) is 5.41 Å². The Morgan fingerprint density at radius 3 is 2.65 bits per heavy atom. The summed E-state index contributed by atoms with van der Waals surface area (Å²) in [5.41, 5.74) is 0.773. The molecule has 1 N–H and O–H groups in total. The van der Waals surface area contributed by atoms with Gasteiger partial charge in [0, 0.05) is 10.0 Å². The molecule has 1 aromatic rings. The first-order valence-corrected chi connectivity index (χ1v) is 6.70. The highest BCUT2D eigenvalue weighted by Gasteiger charge is 2.42. The number of hydrogen-bond donors (Lipinski definition) is 1. The third-order valence-electron chi connectivity index (χ3n) is 3.50. The number of halogens is 1. The molecule has 1 fully saturated rings. The van der Waals surface area contributed by atoms with E-state index in [1.54, 1.807) is 0 Å². The van der Waals surface area contributed by atoms with Crippen LogP contribution >= 0.6 is 15.9 Å². The fraction of sp³-hybridized carbons (Fsp3) is 0.500. The lowest BCUT2D eigenvalue weighted by Gasteiger charge is -2.42. The molecule has 0 aliphatic carbocycles. The second-order valence-corrected chi connectivity index (χ2v) is 6.27. The van der Waals surface area contributed by atoms with E-state index in [1.165, 1.54) is 0 Å². The largest absolute Gasteiger partial charge is 0.312 e. The summed E-state index contributed by atoms with van der Waals surface area (Å²) in [5, 5.41) is 13.1. The molecule has 2 rings (SSSR count). The van der Waals surface area contributed by atoms with Crippen molar-refractivity contribution in [2.75, 3.05) is 6.54 Å². The Bertz CT molecular complexity index is 462. The Kier molecular flexibility index (Phi) is 3.29. The van der Waals surface area contributed by atoms with E-state index < -0.39 is 0 Å². The third-order valence-corrected chi connectivity index (χ3v) is 4.19. The molecule has 1 atom stereocenters. The van der Waals surface area contributed by atoms with Gasteiger partial charge in [0.25, 0.3) is 0 Å². The minimum Gasteiger partial charge on any atom is -0.312 e. The summed E-state index contributed by atoms with van der Waals surface area (Å²) in [6.07, 6.45) is 1.72. The van der Waals surface area contributed by atoms with Crippen molar-refractivity contribution in [3.8, 4) is 6.07 Å². The molecular formula is C14H17BrN2. The monoisotopic (exact) mass is 292 g/mol. The van der Waals surface area contributed by atoms with Gasteiger partial charge in [0.15, 0.2) is 0 Å². The van der Waals surface area contributed by atoms with E-state index in [0.717, 1.165) is 29.4 Å². The normalized spacial score (nSPS) is 27.4. The van der Waals surface area contributed by atoms with Crippen LogP contribution in [0.15, 0.2) is 28.7 Å². The average Bonchev–Trinajstić information content (AvgIpc) is 2.28. The summed E-state index contributed by atoms with van der Waals surface area (Å²) >= 11 is 3.57. The summed E-state index contributed by atoms with van der Waals surface area (Å²) in [4.78, 5) is 0. The van der Waals surface area contributed by atoms with Crippen molar-refractivity contribution in [3.63, 3.8) is 0 Å². The van der Waals surface area contributed by atoms with Crippen LogP contribution < -0.4 is 5.32 Å². The van der Waals surface area contributed by atoms with E-state index in [0.29, 0.717) is 0 Å². The molecule has 1 heterocycles. The molecule has 0 saturated carbocycles. The molecule has 1 aliphatic rings. The fourth-order valence-corrected chi connectivity index (χ4v) is 3.42. The lowest BCUT2D eigenvalue weighted by molar-refractivity contribution is 0.233. The first kappa shape index (κ1) is 12.6. The number of rotatable bonds is 1. The highest BCUT2D eigenvalue weighted by molar-refractivity contribution is 9.10. The smallest absolute Gasteiger partial charge is 0.0862 e. The van der Waals surface area contributed by atoms with E-state index in [4.69, 9.17) is 0 Å². The molecule has 1 unspecified atom stereocenters. The number of nitrogens with one attached hydrogen (secondary N) is 1. The predicted molar refractivity (Wildman–Crippen MR) is 72.7 cm³/mol. The van der Waals surface area contributed by atoms with Crippen LogP contribution in [0.2, 0.25) is 0 Å². The Hall–Kier alpha value is -0.850. The van der Waals surface area contributed by atoms with E-state index in [-0.39, 0.29) is 11.0 Å². The van der Waals surface area contributed by atoms with Gasteiger partial charge in [-0.05, 0) is 44.9 Å². The molecule has 0 radical (unpaired) electrons. The number of hydrogen-bond acceptors (Lipinski definition) is 2. The fourth-order valence-electron chi connectivity index (χ4n) is 2.75. The van der Waals surface area contributed by atoms with Gasteiger partial charge in [0.05, 0.1) is 11.5 Å². The maximum Gasteiger partial charge on any atom is 0.0862 e. The summed E-state index contributed by atoms with van der Waals surface area (Å²) in [7, 11) is 0. The summed E-state index contributed by atoms with van der Waals surface area (Å²) in [5.74, 6) is 0. The molecule has 90 valence electrons. The van der Waals surface area contributed by atoms with Crippen LogP contribution in [0.3, 0.4) is 0 Å². The van der Waals surface area contributed by atoms with Crippen LogP contribution in [0.1, 0.15) is 32.3 Å². The first-order chi connectivity index (χ1) is 7.99. The third kappa shape index (κ3) is 2.38. The van der Waals surface area contributed by atoms with Crippen molar-refractivity contribution in [2.24, 2.45) is 0 Å². The van der Waals surface area contributed by atoms with Crippen molar-refractivity contribution < 1.29 is 0 Å². The molecule has 17 heavy (non-hydrogen) atoms. The topological polar surface area (TPSA) is 35.8 Å². The van der Waals surface area contributed by atoms with Crippen LogP contribution in [0.25, 0.3) is 0 Å². The number of nitriles is 1. The van der Waals surface area contributed by atoms with E-state index in [2.05, 4.69) is 47.2 Å². The van der Waals surface area contributed by atoms with Gasteiger partial charge in [0.1, 0.15) is 0 Å². The van der Waals surface area contributed by atoms with E-state index in [9.17, 15) is 5.26 Å². The van der Waals surface area contributed by atoms with Crippen molar-refractivity contribution in [1.29, 1.82) is 5.26 Å². The standard InChI is InChI=1S/C14H17BrN2/c1-13(2)9-14(10-16,7-8-17-13)11-5-3-4-6-12(11)15/h3-6,17H,7-9H2,1-2H3. The van der Waals surface area contributed by atoms with E-state index in [1.807, 2.05) is 18.2 Å². The molecule has 3 heteroatoms. The van der Waals surface area contributed by atoms with Crippen LogP contribution in [0, 0.1) is 11.3 Å². The van der Waals surface area contributed by atoms with Gasteiger partial charge in [-0.2, -0.15) is 5.26 Å². The molecule has 0 spiro atoms. The number of nitrogens with zero attached hydrogens (tertiary/aromatic N) is 1. The van der Waals surface area contributed by atoms with Crippen molar-refractivity contribution in [2.45, 2.75) is 37.6 Å². The van der Waals surface area contributed by atoms with Gasteiger partial charge < -0.3 is 5.32 Å². The molecule has 2 nitrogen and oxygen atoms in total. The molecule has 1 aromatic carbocycles. The summed E-state index contributed by atoms with van der Waals surface area (Å²) in [6.45, 7) is 5.21. The molecule has 1 saturated heterocycles. The zero-order valence-corrected chi connectivity index (χ0v) is 11.8. The van der Waals surface area contributed by atoms with Gasteiger partial charge in [-0.15, -0.1) is 0 Å². The van der Waals surface area contributed by atoms with Crippen LogP contribution in [-0.4, -0.2) is 12.1 Å². The van der Waals surface area contributed by atoms with E-state index >= 15 is 0 Å². The minimum absolute atomic E-state index is 0.0171. The second-order valence-electron chi connectivity index (χ2n) is 5.41. The molecule has 0 amide bonds. The maximum absolute atomic E-state index is 9.65. The molecule has 1 aliphatic heterocycles. The first-order valence-electron chi connectivity index (χ1n) is 5.90. The Morgan fingerprint density at radius 2 is 2.06 bits per heavy atom. The van der Waals surface area contributed by atoms with Gasteiger partial charge in [-0.1, -0.05) is 34.1 Å². The lowest BCUT2D eigenvalue weighted by Crippen LogP contribution is -2.52. The van der Waals surface area contributed by atoms with Crippen LogP contribution in [0.4, 0.5) is 0 Å². The van der Waals surface area contributed by atoms with Gasteiger partial charge in [-0.3, -0.25) is 0 Å². The average molecular weight is 293 g/mol. The quantitative estimate of drug-likeness (QED) is 0.861. The SMILES string of the molecule is CC1(C)CC(C#N)(c2ccccc2Br)CCN1. The number of piperidine rings is 1.